The van der Waals surface area contributed by atoms with E-state index < -0.39 is 0 Å². The van der Waals surface area contributed by atoms with E-state index >= 15 is 0 Å². The van der Waals surface area contributed by atoms with Crippen molar-refractivity contribution in [2.45, 2.75) is 24.7 Å². The molecule has 0 aromatic carbocycles. The molecule has 2 nitrogen and oxygen atoms in total. The van der Waals surface area contributed by atoms with Gasteiger partial charge in [0.1, 0.15) is 0 Å². The molecule has 0 spiro atoms. The fraction of sp³-hybridized carbons (Fsp3) is 0.556. The Morgan fingerprint density at radius 2 is 2.36 bits per heavy atom. The quantitative estimate of drug-likeness (QED) is 0.657. The predicted molar refractivity (Wildman–Crippen MR) is 45.4 cm³/mol. The standard InChI is InChI=1S/C9H14N2/c10-7-9(3-1-4-9)8-2-5-11-6-8/h2,5-6,11H,1,3-4,7,10H2. The lowest BCUT2D eigenvalue weighted by Gasteiger charge is -2.40. The van der Waals surface area contributed by atoms with Crippen LogP contribution in [-0.4, -0.2) is 11.5 Å². The van der Waals surface area contributed by atoms with Gasteiger partial charge in [-0.3, -0.25) is 0 Å². The second-order valence-corrected chi connectivity index (χ2v) is 3.44. The maximum Gasteiger partial charge on any atom is 0.00904 e. The fourth-order valence-corrected chi connectivity index (χ4v) is 1.87. The number of hydrogen-bond donors (Lipinski definition) is 2. The molecule has 3 N–H and O–H groups in total. The van der Waals surface area contributed by atoms with Crippen LogP contribution in [0, 0.1) is 0 Å². The summed E-state index contributed by atoms with van der Waals surface area (Å²) in [4.78, 5) is 3.08. The first-order valence-electron chi connectivity index (χ1n) is 4.21. The first-order chi connectivity index (χ1) is 5.37. The van der Waals surface area contributed by atoms with Gasteiger partial charge in [-0.25, -0.2) is 0 Å². The lowest BCUT2D eigenvalue weighted by Crippen LogP contribution is -2.41. The van der Waals surface area contributed by atoms with Crippen molar-refractivity contribution in [3.05, 3.63) is 24.0 Å². The smallest absolute Gasteiger partial charge is 0.00904 e. The molecule has 0 unspecified atom stereocenters. The molecule has 0 atom stereocenters. The van der Waals surface area contributed by atoms with E-state index in [-0.39, 0.29) is 0 Å². The van der Waals surface area contributed by atoms with E-state index in [4.69, 9.17) is 5.73 Å². The molecule has 0 saturated heterocycles. The van der Waals surface area contributed by atoms with E-state index in [0.717, 1.165) is 6.54 Å². The van der Waals surface area contributed by atoms with Crippen LogP contribution in [0.15, 0.2) is 18.5 Å². The topological polar surface area (TPSA) is 41.8 Å². The molecule has 11 heavy (non-hydrogen) atoms. The third kappa shape index (κ3) is 0.897. The van der Waals surface area contributed by atoms with Crippen molar-refractivity contribution in [1.82, 2.24) is 4.98 Å². The highest BCUT2D eigenvalue weighted by atomic mass is 14.7. The van der Waals surface area contributed by atoms with Gasteiger partial charge in [0.05, 0.1) is 0 Å². The van der Waals surface area contributed by atoms with Crippen LogP contribution in [0.5, 0.6) is 0 Å². The average Bonchev–Trinajstić information content (AvgIpc) is 2.39. The Kier molecular flexibility index (Phi) is 1.50. The van der Waals surface area contributed by atoms with Crippen LogP contribution < -0.4 is 5.73 Å². The molecule has 1 aromatic heterocycles. The van der Waals surface area contributed by atoms with E-state index in [9.17, 15) is 0 Å². The molecular formula is C9H14N2. The van der Waals surface area contributed by atoms with Crippen molar-refractivity contribution in [2.75, 3.05) is 6.54 Å². The third-order valence-corrected chi connectivity index (χ3v) is 2.91. The number of nitrogens with one attached hydrogen (secondary N) is 1. The molecule has 0 radical (unpaired) electrons. The van der Waals surface area contributed by atoms with Crippen LogP contribution in [0.25, 0.3) is 0 Å². The minimum Gasteiger partial charge on any atom is -0.367 e. The van der Waals surface area contributed by atoms with Crippen molar-refractivity contribution in [3.8, 4) is 0 Å². The van der Waals surface area contributed by atoms with Gasteiger partial charge >= 0.3 is 0 Å². The van der Waals surface area contributed by atoms with E-state index in [2.05, 4.69) is 17.2 Å². The second kappa shape index (κ2) is 2.38. The molecule has 1 aliphatic rings. The van der Waals surface area contributed by atoms with Gasteiger partial charge in [-0.1, -0.05) is 6.42 Å². The van der Waals surface area contributed by atoms with Crippen LogP contribution in [0.1, 0.15) is 24.8 Å². The van der Waals surface area contributed by atoms with E-state index in [1.54, 1.807) is 0 Å². The molecule has 1 aromatic rings. The van der Waals surface area contributed by atoms with Gasteiger partial charge < -0.3 is 10.7 Å². The summed E-state index contributed by atoms with van der Waals surface area (Å²) < 4.78 is 0. The third-order valence-electron chi connectivity index (χ3n) is 2.91. The Bertz CT molecular complexity index is 216. The van der Waals surface area contributed by atoms with Crippen molar-refractivity contribution < 1.29 is 0 Å². The monoisotopic (exact) mass is 150 g/mol. The molecule has 2 heteroatoms. The van der Waals surface area contributed by atoms with E-state index in [1.165, 1.54) is 24.8 Å². The molecule has 1 fully saturated rings. The molecule has 0 aliphatic heterocycles. The van der Waals surface area contributed by atoms with Gasteiger partial charge in [-0.15, -0.1) is 0 Å². The highest BCUT2D eigenvalue weighted by molar-refractivity contribution is 5.25. The summed E-state index contributed by atoms with van der Waals surface area (Å²) >= 11 is 0. The van der Waals surface area contributed by atoms with Crippen molar-refractivity contribution >= 4 is 0 Å². The zero-order valence-electron chi connectivity index (χ0n) is 6.64. The second-order valence-electron chi connectivity index (χ2n) is 3.44. The van der Waals surface area contributed by atoms with Gasteiger partial charge in [0.15, 0.2) is 0 Å². The number of H-pyrrole nitrogens is 1. The number of aromatic amines is 1. The highest BCUT2D eigenvalue weighted by Gasteiger charge is 2.37. The summed E-state index contributed by atoms with van der Waals surface area (Å²) in [6.45, 7) is 0.796. The number of nitrogens with two attached hydrogens (primary N) is 1. The Labute approximate surface area is 66.8 Å². The van der Waals surface area contributed by atoms with Crippen molar-refractivity contribution in [3.63, 3.8) is 0 Å². The molecule has 1 saturated carbocycles. The van der Waals surface area contributed by atoms with Gasteiger partial charge in [-0.2, -0.15) is 0 Å². The Hall–Kier alpha value is -0.760. The van der Waals surface area contributed by atoms with Gasteiger partial charge in [0.25, 0.3) is 0 Å². The van der Waals surface area contributed by atoms with Crippen LogP contribution in [0.3, 0.4) is 0 Å². The molecule has 2 rings (SSSR count). The molecule has 1 heterocycles. The molecule has 1 aliphatic carbocycles. The zero-order chi connectivity index (χ0) is 7.73. The Balaban J connectivity index is 2.25. The summed E-state index contributed by atoms with van der Waals surface area (Å²) in [6.07, 6.45) is 7.92. The van der Waals surface area contributed by atoms with E-state index in [0.29, 0.717) is 5.41 Å². The predicted octanol–water partition coefficient (Wildman–Crippen LogP) is 1.40. The summed E-state index contributed by atoms with van der Waals surface area (Å²) in [7, 11) is 0. The maximum atomic E-state index is 5.75. The number of hydrogen-bond acceptors (Lipinski definition) is 1. The van der Waals surface area contributed by atoms with Gasteiger partial charge in [-0.05, 0) is 24.5 Å². The molecule has 0 bridgehead atoms. The Morgan fingerprint density at radius 1 is 1.55 bits per heavy atom. The summed E-state index contributed by atoms with van der Waals surface area (Å²) in [6, 6.07) is 2.14. The maximum absolute atomic E-state index is 5.75. The van der Waals surface area contributed by atoms with Crippen LogP contribution >= 0.6 is 0 Å². The summed E-state index contributed by atoms with van der Waals surface area (Å²) in [5, 5.41) is 0. The molecular weight excluding hydrogens is 136 g/mol. The first-order valence-corrected chi connectivity index (χ1v) is 4.21. The van der Waals surface area contributed by atoms with Crippen LogP contribution in [-0.2, 0) is 5.41 Å². The fourth-order valence-electron chi connectivity index (χ4n) is 1.87. The first kappa shape index (κ1) is 6.92. The largest absolute Gasteiger partial charge is 0.367 e. The summed E-state index contributed by atoms with van der Waals surface area (Å²) in [5.41, 5.74) is 7.47. The molecule has 0 amide bonds. The lowest BCUT2D eigenvalue weighted by atomic mass is 9.65. The van der Waals surface area contributed by atoms with Gasteiger partial charge in [0.2, 0.25) is 0 Å². The number of aromatic nitrogens is 1. The summed E-state index contributed by atoms with van der Waals surface area (Å²) in [5.74, 6) is 0. The zero-order valence-corrected chi connectivity index (χ0v) is 6.64. The van der Waals surface area contributed by atoms with Crippen LogP contribution in [0.4, 0.5) is 0 Å². The highest BCUT2D eigenvalue weighted by Crippen LogP contribution is 2.42. The number of rotatable bonds is 2. The average molecular weight is 150 g/mol. The lowest BCUT2D eigenvalue weighted by molar-refractivity contribution is 0.253. The normalized spacial score (nSPS) is 21.2. The minimum absolute atomic E-state index is 0.333. The minimum atomic E-state index is 0.333. The van der Waals surface area contributed by atoms with Crippen molar-refractivity contribution in [2.24, 2.45) is 5.73 Å². The van der Waals surface area contributed by atoms with Crippen LogP contribution in [0.2, 0.25) is 0 Å². The van der Waals surface area contributed by atoms with E-state index in [1.807, 2.05) is 6.20 Å². The Morgan fingerprint density at radius 3 is 2.73 bits per heavy atom. The van der Waals surface area contributed by atoms with Crippen molar-refractivity contribution in [1.29, 1.82) is 0 Å². The SMILES string of the molecule is NCC1(c2cc[nH]c2)CCC1. The van der Waals surface area contributed by atoms with Gasteiger partial charge in [0, 0.05) is 24.4 Å². The molecule has 60 valence electrons.